The van der Waals surface area contributed by atoms with Gasteiger partial charge in [0.1, 0.15) is 6.10 Å². The molecule has 0 fully saturated rings. The van der Waals surface area contributed by atoms with Crippen molar-refractivity contribution in [1.82, 2.24) is 5.32 Å². The van der Waals surface area contributed by atoms with Gasteiger partial charge in [0.05, 0.1) is 25.7 Å². The van der Waals surface area contributed by atoms with Crippen molar-refractivity contribution in [1.29, 1.82) is 0 Å². The van der Waals surface area contributed by atoms with Crippen LogP contribution in [-0.4, -0.2) is 30.8 Å². The van der Waals surface area contributed by atoms with E-state index in [-0.39, 0.29) is 25.2 Å². The van der Waals surface area contributed by atoms with Gasteiger partial charge >= 0.3 is 0 Å². The van der Waals surface area contributed by atoms with Crippen molar-refractivity contribution in [2.24, 2.45) is 0 Å². The van der Waals surface area contributed by atoms with E-state index in [1.54, 1.807) is 36.0 Å². The number of amides is 1. The third-order valence-corrected chi connectivity index (χ3v) is 3.67. The number of carbonyl (C=O) groups excluding carboxylic acids is 1. The lowest BCUT2D eigenvalue weighted by Gasteiger charge is -2.16. The second-order valence-corrected chi connectivity index (χ2v) is 5.21. The van der Waals surface area contributed by atoms with Crippen molar-refractivity contribution in [3.8, 4) is 0 Å². The van der Waals surface area contributed by atoms with Crippen LogP contribution in [0.1, 0.15) is 16.5 Å². The van der Waals surface area contributed by atoms with Crippen LogP contribution in [0.3, 0.4) is 0 Å². The molecule has 5 nitrogen and oxygen atoms in total. The molecule has 0 aliphatic carbocycles. The van der Waals surface area contributed by atoms with E-state index >= 15 is 0 Å². The molecule has 6 heteroatoms. The highest BCUT2D eigenvalue weighted by atomic mass is 32.1. The number of aliphatic hydroxyl groups excluding tert-OH is 1. The molecule has 0 aromatic carbocycles. The van der Waals surface area contributed by atoms with E-state index in [9.17, 15) is 4.79 Å². The van der Waals surface area contributed by atoms with Crippen LogP contribution in [0.2, 0.25) is 0 Å². The minimum Gasteiger partial charge on any atom is -0.472 e. The monoisotopic (exact) mass is 307 g/mol. The molecule has 1 atom stereocenters. The number of aliphatic hydroxyl groups is 1. The number of furan rings is 1. The molecule has 0 bridgehead atoms. The molecule has 21 heavy (non-hydrogen) atoms. The molecule has 0 aliphatic heterocycles. The topological polar surface area (TPSA) is 71.7 Å². The minimum atomic E-state index is -0.247. The van der Waals surface area contributed by atoms with Crippen LogP contribution in [0.25, 0.3) is 6.08 Å². The number of thiophene rings is 1. The van der Waals surface area contributed by atoms with Crippen molar-refractivity contribution < 1.29 is 19.1 Å². The van der Waals surface area contributed by atoms with Crippen molar-refractivity contribution in [3.05, 3.63) is 52.6 Å². The van der Waals surface area contributed by atoms with Gasteiger partial charge in [0, 0.05) is 23.1 Å². The first-order valence-corrected chi connectivity index (χ1v) is 7.41. The molecule has 0 saturated carbocycles. The second-order valence-electron chi connectivity index (χ2n) is 4.23. The maximum atomic E-state index is 11.8. The molecule has 0 aliphatic rings. The normalized spacial score (nSPS) is 12.6. The van der Waals surface area contributed by atoms with Crippen LogP contribution in [-0.2, 0) is 9.53 Å². The third-order valence-electron chi connectivity index (χ3n) is 2.70. The van der Waals surface area contributed by atoms with Crippen molar-refractivity contribution in [2.75, 3.05) is 19.8 Å². The molecule has 2 aromatic heterocycles. The smallest absolute Gasteiger partial charge is 0.244 e. The van der Waals surface area contributed by atoms with E-state index in [4.69, 9.17) is 14.3 Å². The average Bonchev–Trinajstić information content (AvgIpc) is 3.18. The summed E-state index contributed by atoms with van der Waals surface area (Å²) in [4.78, 5) is 12.8. The molecule has 0 radical (unpaired) electrons. The Balaban J connectivity index is 1.84. The highest BCUT2D eigenvalue weighted by molar-refractivity contribution is 7.10. The first kappa shape index (κ1) is 15.5. The van der Waals surface area contributed by atoms with Gasteiger partial charge in [-0.25, -0.2) is 0 Å². The van der Waals surface area contributed by atoms with Crippen molar-refractivity contribution in [2.45, 2.75) is 6.10 Å². The van der Waals surface area contributed by atoms with E-state index in [2.05, 4.69) is 5.32 Å². The van der Waals surface area contributed by atoms with Crippen molar-refractivity contribution >= 4 is 23.3 Å². The van der Waals surface area contributed by atoms with Gasteiger partial charge in [0.2, 0.25) is 5.91 Å². The Bertz CT molecular complexity index is 548. The third kappa shape index (κ3) is 5.18. The molecular formula is C15H17NO4S. The van der Waals surface area contributed by atoms with Crippen LogP contribution in [0, 0.1) is 0 Å². The van der Waals surface area contributed by atoms with E-state index in [1.807, 2.05) is 17.5 Å². The maximum absolute atomic E-state index is 11.8. The Morgan fingerprint density at radius 2 is 2.43 bits per heavy atom. The molecule has 2 heterocycles. The largest absolute Gasteiger partial charge is 0.472 e. The van der Waals surface area contributed by atoms with Crippen LogP contribution < -0.4 is 5.32 Å². The summed E-state index contributed by atoms with van der Waals surface area (Å²) in [6.45, 7) is 0.550. The van der Waals surface area contributed by atoms with E-state index in [0.717, 1.165) is 10.4 Å². The first-order chi connectivity index (χ1) is 10.3. The van der Waals surface area contributed by atoms with Gasteiger partial charge in [-0.2, -0.15) is 0 Å². The maximum Gasteiger partial charge on any atom is 0.244 e. The van der Waals surface area contributed by atoms with Crippen LogP contribution in [0.5, 0.6) is 0 Å². The zero-order valence-electron chi connectivity index (χ0n) is 11.4. The Kier molecular flexibility index (Phi) is 6.21. The Morgan fingerprint density at radius 1 is 1.52 bits per heavy atom. The number of carbonyl (C=O) groups is 1. The van der Waals surface area contributed by atoms with Crippen LogP contribution in [0.15, 0.2) is 46.6 Å². The predicted octanol–water partition coefficient (Wildman–Crippen LogP) is 2.22. The Morgan fingerprint density at radius 3 is 3.10 bits per heavy atom. The van der Waals surface area contributed by atoms with E-state index < -0.39 is 0 Å². The fourth-order valence-corrected chi connectivity index (χ4v) is 2.48. The van der Waals surface area contributed by atoms with Crippen LogP contribution >= 0.6 is 11.3 Å². The molecule has 2 aromatic rings. The standard InChI is InChI=1S/C15H17NO4S/c17-6-8-20-13(14-2-1-9-21-14)10-16-15(18)4-3-12-5-7-19-11-12/h1-5,7,9,11,13,17H,6,8,10H2,(H,16,18)/b4-3+/t13-/m0/s1. The summed E-state index contributed by atoms with van der Waals surface area (Å²) in [7, 11) is 0. The predicted molar refractivity (Wildman–Crippen MR) is 80.8 cm³/mol. The highest BCUT2D eigenvalue weighted by Gasteiger charge is 2.13. The molecular weight excluding hydrogens is 290 g/mol. The lowest BCUT2D eigenvalue weighted by molar-refractivity contribution is -0.117. The lowest BCUT2D eigenvalue weighted by Crippen LogP contribution is -2.28. The van der Waals surface area contributed by atoms with Gasteiger partial charge in [-0.15, -0.1) is 11.3 Å². The Hall–Kier alpha value is -1.89. The molecule has 112 valence electrons. The van der Waals surface area contributed by atoms with Gasteiger partial charge < -0.3 is 19.6 Å². The van der Waals surface area contributed by atoms with Gasteiger partial charge in [0.15, 0.2) is 0 Å². The van der Waals surface area contributed by atoms with Crippen molar-refractivity contribution in [3.63, 3.8) is 0 Å². The number of nitrogens with one attached hydrogen (secondary N) is 1. The van der Waals surface area contributed by atoms with Gasteiger partial charge in [0.25, 0.3) is 0 Å². The van der Waals surface area contributed by atoms with Gasteiger partial charge in [-0.3, -0.25) is 4.79 Å². The zero-order valence-corrected chi connectivity index (χ0v) is 12.2. The quantitative estimate of drug-likeness (QED) is 0.734. The number of hydrogen-bond donors (Lipinski definition) is 2. The fourth-order valence-electron chi connectivity index (χ4n) is 1.71. The SMILES string of the molecule is O=C(/C=C/c1ccoc1)NC[C@H](OCCO)c1cccs1. The molecule has 0 spiro atoms. The number of ether oxygens (including phenoxy) is 1. The summed E-state index contributed by atoms with van der Waals surface area (Å²) in [6.07, 6.45) is 5.98. The summed E-state index contributed by atoms with van der Waals surface area (Å²) in [5, 5.41) is 13.6. The van der Waals surface area contributed by atoms with Gasteiger partial charge in [-0.05, 0) is 23.6 Å². The molecule has 1 amide bonds. The highest BCUT2D eigenvalue weighted by Crippen LogP contribution is 2.21. The molecule has 2 rings (SSSR count). The van der Waals surface area contributed by atoms with Gasteiger partial charge in [-0.1, -0.05) is 6.07 Å². The van der Waals surface area contributed by atoms with E-state index in [0.29, 0.717) is 6.54 Å². The Labute approximate surface area is 126 Å². The fraction of sp³-hybridized carbons (Fsp3) is 0.267. The zero-order chi connectivity index (χ0) is 14.9. The summed E-state index contributed by atoms with van der Waals surface area (Å²) in [5.74, 6) is -0.203. The molecule has 0 unspecified atom stereocenters. The number of hydrogen-bond acceptors (Lipinski definition) is 5. The summed E-state index contributed by atoms with van der Waals surface area (Å²) < 4.78 is 10.5. The minimum absolute atomic E-state index is 0.0454. The molecule has 2 N–H and O–H groups in total. The number of rotatable bonds is 8. The first-order valence-electron chi connectivity index (χ1n) is 6.53. The summed E-state index contributed by atoms with van der Waals surface area (Å²) in [6, 6.07) is 5.64. The summed E-state index contributed by atoms with van der Waals surface area (Å²) >= 11 is 1.56. The molecule has 0 saturated heterocycles. The van der Waals surface area contributed by atoms with Crippen LogP contribution in [0.4, 0.5) is 0 Å². The second kappa shape index (κ2) is 8.41. The average molecular weight is 307 g/mol. The van der Waals surface area contributed by atoms with E-state index in [1.165, 1.54) is 6.08 Å². The lowest BCUT2D eigenvalue weighted by atomic mass is 10.2. The summed E-state index contributed by atoms with van der Waals surface area (Å²) in [5.41, 5.74) is 0.830.